The average Bonchev–Trinajstić information content (AvgIpc) is 2.61. The van der Waals surface area contributed by atoms with Gasteiger partial charge in [-0.15, -0.1) is 0 Å². The highest BCUT2D eigenvalue weighted by Gasteiger charge is 2.24. The minimum atomic E-state index is -0.200. The van der Waals surface area contributed by atoms with Crippen molar-refractivity contribution in [1.29, 1.82) is 5.26 Å². The number of nitrogens with zero attached hydrogens (tertiary/aromatic N) is 2. The Balaban J connectivity index is 1.97. The first-order chi connectivity index (χ1) is 11.7. The molecular formula is C17H23N3O4. The van der Waals surface area contributed by atoms with Crippen LogP contribution in [0.2, 0.25) is 0 Å². The number of methoxy groups -OCH3 is 1. The summed E-state index contributed by atoms with van der Waals surface area (Å²) in [6, 6.07) is 6.92. The third kappa shape index (κ3) is 4.85. The van der Waals surface area contributed by atoms with E-state index in [9.17, 15) is 10.1 Å². The summed E-state index contributed by atoms with van der Waals surface area (Å²) in [5, 5.41) is 12.0. The molecule has 0 radical (unpaired) electrons. The smallest absolute Gasteiger partial charge is 0.322 e. The van der Waals surface area contributed by atoms with Crippen LogP contribution in [0.4, 0.5) is 10.5 Å². The zero-order chi connectivity index (χ0) is 17.4. The van der Waals surface area contributed by atoms with Gasteiger partial charge in [-0.3, -0.25) is 0 Å². The van der Waals surface area contributed by atoms with Gasteiger partial charge >= 0.3 is 6.03 Å². The molecule has 1 aliphatic heterocycles. The molecule has 1 fully saturated rings. The first-order valence-electron chi connectivity index (χ1n) is 8.01. The maximum absolute atomic E-state index is 12.4. The number of urea groups is 1. The molecule has 0 aliphatic carbocycles. The molecule has 1 aliphatic rings. The van der Waals surface area contributed by atoms with Gasteiger partial charge < -0.3 is 24.4 Å². The third-order valence-corrected chi connectivity index (χ3v) is 3.72. The fourth-order valence-corrected chi connectivity index (χ4v) is 2.51. The van der Waals surface area contributed by atoms with Crippen molar-refractivity contribution in [3.05, 3.63) is 23.8 Å². The Kier molecular flexibility index (Phi) is 6.85. The topological polar surface area (TPSA) is 83.8 Å². The summed E-state index contributed by atoms with van der Waals surface area (Å²) < 4.78 is 16.1. The number of hydrogen-bond acceptors (Lipinski definition) is 5. The van der Waals surface area contributed by atoms with Crippen molar-refractivity contribution in [2.45, 2.75) is 19.4 Å². The van der Waals surface area contributed by atoms with Crippen molar-refractivity contribution in [3.8, 4) is 11.8 Å². The van der Waals surface area contributed by atoms with E-state index >= 15 is 0 Å². The van der Waals surface area contributed by atoms with Gasteiger partial charge in [0.2, 0.25) is 0 Å². The van der Waals surface area contributed by atoms with Crippen molar-refractivity contribution < 1.29 is 19.0 Å². The maximum atomic E-state index is 12.4. The molecular weight excluding hydrogens is 310 g/mol. The van der Waals surface area contributed by atoms with Gasteiger partial charge in [0.15, 0.2) is 0 Å². The first-order valence-corrected chi connectivity index (χ1v) is 8.01. The summed E-state index contributed by atoms with van der Waals surface area (Å²) in [4.78, 5) is 14.1. The SMILES string of the molecule is CCOc1ccc(NC(=O)N2CCO[C@H](CCOC)C2)cc1C#N. The van der Waals surface area contributed by atoms with E-state index in [2.05, 4.69) is 11.4 Å². The van der Waals surface area contributed by atoms with Crippen molar-refractivity contribution in [2.75, 3.05) is 45.3 Å². The summed E-state index contributed by atoms with van der Waals surface area (Å²) in [7, 11) is 1.64. The van der Waals surface area contributed by atoms with Crippen LogP contribution in [-0.2, 0) is 9.47 Å². The summed E-state index contributed by atoms with van der Waals surface area (Å²) in [6.07, 6.45) is 0.738. The van der Waals surface area contributed by atoms with Crippen LogP contribution >= 0.6 is 0 Å². The predicted octanol–water partition coefficient (Wildman–Crippen LogP) is 2.23. The maximum Gasteiger partial charge on any atom is 0.322 e. The largest absolute Gasteiger partial charge is 0.492 e. The molecule has 0 spiro atoms. The van der Waals surface area contributed by atoms with Gasteiger partial charge in [-0.25, -0.2) is 4.79 Å². The van der Waals surface area contributed by atoms with Crippen LogP contribution in [-0.4, -0.2) is 57.1 Å². The zero-order valence-electron chi connectivity index (χ0n) is 14.1. The Morgan fingerprint density at radius 2 is 2.38 bits per heavy atom. The van der Waals surface area contributed by atoms with Crippen LogP contribution in [0.3, 0.4) is 0 Å². The Morgan fingerprint density at radius 3 is 3.08 bits per heavy atom. The van der Waals surface area contributed by atoms with Gasteiger partial charge in [0.25, 0.3) is 0 Å². The second-order valence-corrected chi connectivity index (χ2v) is 5.41. The lowest BCUT2D eigenvalue weighted by atomic mass is 10.2. The van der Waals surface area contributed by atoms with E-state index in [1.165, 1.54) is 0 Å². The van der Waals surface area contributed by atoms with Crippen LogP contribution < -0.4 is 10.1 Å². The Hall–Kier alpha value is -2.30. The second kappa shape index (κ2) is 9.11. The highest BCUT2D eigenvalue weighted by molar-refractivity contribution is 5.89. The van der Waals surface area contributed by atoms with E-state index in [-0.39, 0.29) is 12.1 Å². The van der Waals surface area contributed by atoms with Crippen molar-refractivity contribution >= 4 is 11.7 Å². The third-order valence-electron chi connectivity index (χ3n) is 3.72. The van der Waals surface area contributed by atoms with Gasteiger partial charge in [-0.2, -0.15) is 5.26 Å². The molecule has 2 amide bonds. The molecule has 0 aromatic heterocycles. The summed E-state index contributed by atoms with van der Waals surface area (Å²) in [6.45, 7) is 4.51. The lowest BCUT2D eigenvalue weighted by Crippen LogP contribution is -2.47. The summed E-state index contributed by atoms with van der Waals surface area (Å²) in [5.41, 5.74) is 0.967. The fraction of sp³-hybridized carbons (Fsp3) is 0.529. The highest BCUT2D eigenvalue weighted by atomic mass is 16.5. The molecule has 7 heteroatoms. The molecule has 2 rings (SSSR count). The standard InChI is InChI=1S/C17H23N3O4/c1-3-23-16-5-4-14(10-13(16)11-18)19-17(21)20-7-9-24-15(12-20)6-8-22-2/h4-5,10,15H,3,6-9,12H2,1-2H3,(H,19,21)/t15-/m1/s1. The molecule has 0 saturated carbocycles. The highest BCUT2D eigenvalue weighted by Crippen LogP contribution is 2.22. The van der Waals surface area contributed by atoms with Crippen molar-refractivity contribution in [1.82, 2.24) is 4.90 Å². The van der Waals surface area contributed by atoms with Crippen molar-refractivity contribution in [3.63, 3.8) is 0 Å². The number of benzene rings is 1. The molecule has 130 valence electrons. The number of nitrogens with one attached hydrogen (secondary N) is 1. The lowest BCUT2D eigenvalue weighted by molar-refractivity contribution is -0.0260. The Labute approximate surface area is 142 Å². The molecule has 1 atom stereocenters. The number of morpholine rings is 1. The van der Waals surface area contributed by atoms with E-state index in [1.54, 1.807) is 30.2 Å². The number of nitriles is 1. The molecule has 1 saturated heterocycles. The van der Waals surface area contributed by atoms with Crippen LogP contribution in [0.5, 0.6) is 5.75 Å². The first kappa shape index (κ1) is 18.0. The Morgan fingerprint density at radius 1 is 1.54 bits per heavy atom. The quantitative estimate of drug-likeness (QED) is 0.863. The van der Waals surface area contributed by atoms with Gasteiger partial charge in [0.05, 0.1) is 24.9 Å². The Bertz CT molecular complexity index is 600. The van der Waals surface area contributed by atoms with Gasteiger partial charge in [-0.1, -0.05) is 0 Å². The van der Waals surface area contributed by atoms with E-state index in [4.69, 9.17) is 14.2 Å². The number of amides is 2. The minimum Gasteiger partial charge on any atom is -0.492 e. The number of ether oxygens (including phenoxy) is 3. The zero-order valence-corrected chi connectivity index (χ0v) is 14.1. The molecule has 1 aromatic carbocycles. The van der Waals surface area contributed by atoms with E-state index in [0.29, 0.717) is 49.9 Å². The van der Waals surface area contributed by atoms with Crippen LogP contribution in [0.15, 0.2) is 18.2 Å². The lowest BCUT2D eigenvalue weighted by Gasteiger charge is -2.33. The average molecular weight is 333 g/mol. The molecule has 1 aromatic rings. The van der Waals surface area contributed by atoms with Gasteiger partial charge in [0.1, 0.15) is 11.8 Å². The molecule has 0 unspecified atom stereocenters. The molecule has 24 heavy (non-hydrogen) atoms. The number of hydrogen-bond donors (Lipinski definition) is 1. The van der Waals surface area contributed by atoms with E-state index < -0.39 is 0 Å². The molecule has 1 N–H and O–H groups in total. The molecule has 7 nitrogen and oxygen atoms in total. The number of carbonyl (C=O) groups excluding carboxylic acids is 1. The predicted molar refractivity (Wildman–Crippen MR) is 89.2 cm³/mol. The molecule has 0 bridgehead atoms. The summed E-state index contributed by atoms with van der Waals surface area (Å²) in [5.74, 6) is 0.518. The fourth-order valence-electron chi connectivity index (χ4n) is 2.51. The monoisotopic (exact) mass is 333 g/mol. The van der Waals surface area contributed by atoms with E-state index in [0.717, 1.165) is 6.42 Å². The van der Waals surface area contributed by atoms with Gasteiger partial charge in [0, 0.05) is 32.5 Å². The number of carbonyl (C=O) groups is 1. The van der Waals surface area contributed by atoms with E-state index in [1.807, 2.05) is 6.92 Å². The van der Waals surface area contributed by atoms with Crippen LogP contribution in [0.25, 0.3) is 0 Å². The molecule has 1 heterocycles. The number of anilines is 1. The number of rotatable bonds is 6. The summed E-state index contributed by atoms with van der Waals surface area (Å²) >= 11 is 0. The van der Waals surface area contributed by atoms with Crippen molar-refractivity contribution in [2.24, 2.45) is 0 Å². The second-order valence-electron chi connectivity index (χ2n) is 5.41. The normalized spacial score (nSPS) is 17.2. The van der Waals surface area contributed by atoms with Crippen LogP contribution in [0, 0.1) is 11.3 Å². The minimum absolute atomic E-state index is 0.0144. The van der Waals surface area contributed by atoms with Gasteiger partial charge in [-0.05, 0) is 31.5 Å². The van der Waals surface area contributed by atoms with Crippen LogP contribution in [0.1, 0.15) is 18.9 Å².